The third-order valence-electron chi connectivity index (χ3n) is 4.01. The van der Waals surface area contributed by atoms with E-state index in [4.69, 9.17) is 4.74 Å². The van der Waals surface area contributed by atoms with Gasteiger partial charge in [-0.2, -0.15) is 5.10 Å². The lowest BCUT2D eigenvalue weighted by molar-refractivity contribution is -0.129. The zero-order valence-electron chi connectivity index (χ0n) is 14.9. The van der Waals surface area contributed by atoms with E-state index in [1.165, 1.54) is 9.58 Å². The number of methoxy groups -OCH3 is 1. The van der Waals surface area contributed by atoms with Crippen molar-refractivity contribution in [2.24, 2.45) is 0 Å². The Morgan fingerprint density at radius 2 is 1.88 bits per heavy atom. The molecular formula is C19H20N4O3. The quantitative estimate of drug-likeness (QED) is 0.765. The first-order valence-electron chi connectivity index (χ1n) is 8.10. The van der Waals surface area contributed by atoms with Crippen molar-refractivity contribution in [2.75, 3.05) is 26.5 Å². The molecule has 0 radical (unpaired) electrons. The van der Waals surface area contributed by atoms with Crippen LogP contribution in [0.4, 0.5) is 5.82 Å². The van der Waals surface area contributed by atoms with Crippen LogP contribution in [-0.2, 0) is 11.3 Å². The van der Waals surface area contributed by atoms with Crippen LogP contribution in [0, 0.1) is 0 Å². The van der Waals surface area contributed by atoms with Crippen LogP contribution in [0.5, 0.6) is 5.75 Å². The van der Waals surface area contributed by atoms with E-state index in [1.807, 2.05) is 30.3 Å². The molecule has 0 aliphatic heterocycles. The second-order valence-electron chi connectivity index (χ2n) is 6.00. The number of nitrogens with zero attached hydrogens (tertiary/aromatic N) is 3. The topological polar surface area (TPSA) is 76.5 Å². The van der Waals surface area contributed by atoms with E-state index in [0.29, 0.717) is 17.1 Å². The Morgan fingerprint density at radius 1 is 1.15 bits per heavy atom. The summed E-state index contributed by atoms with van der Waals surface area (Å²) in [5.74, 6) is 0.651. The molecule has 7 nitrogen and oxygen atoms in total. The van der Waals surface area contributed by atoms with Crippen molar-refractivity contribution in [1.82, 2.24) is 14.7 Å². The van der Waals surface area contributed by atoms with Crippen molar-refractivity contribution in [1.29, 1.82) is 0 Å². The molecule has 134 valence electrons. The van der Waals surface area contributed by atoms with Gasteiger partial charge in [-0.3, -0.25) is 14.3 Å². The molecule has 1 heterocycles. The van der Waals surface area contributed by atoms with Gasteiger partial charge >= 0.3 is 0 Å². The predicted octanol–water partition coefficient (Wildman–Crippen LogP) is 2.39. The number of hydrogen-bond donors (Lipinski definition) is 1. The van der Waals surface area contributed by atoms with Crippen molar-refractivity contribution in [2.45, 2.75) is 6.54 Å². The second kappa shape index (κ2) is 7.26. The second-order valence-corrected chi connectivity index (χ2v) is 6.00. The van der Waals surface area contributed by atoms with Crippen molar-refractivity contribution >= 4 is 28.4 Å². The number of rotatable bonds is 5. The highest BCUT2D eigenvalue weighted by atomic mass is 16.5. The molecule has 3 rings (SSSR count). The molecular weight excluding hydrogens is 332 g/mol. The number of benzene rings is 2. The minimum Gasteiger partial charge on any atom is -0.496 e. The van der Waals surface area contributed by atoms with Crippen LogP contribution in [-0.4, -0.2) is 47.7 Å². The Labute approximate surface area is 151 Å². The average Bonchev–Trinajstić information content (AvgIpc) is 3.07. The third kappa shape index (κ3) is 3.51. The molecule has 3 aromatic rings. The molecule has 0 spiro atoms. The molecule has 0 atom stereocenters. The molecule has 26 heavy (non-hydrogen) atoms. The molecule has 2 aromatic carbocycles. The van der Waals surface area contributed by atoms with E-state index in [-0.39, 0.29) is 18.4 Å². The lowest BCUT2D eigenvalue weighted by Crippen LogP contribution is -2.26. The van der Waals surface area contributed by atoms with Gasteiger partial charge in [0.2, 0.25) is 5.91 Å². The van der Waals surface area contributed by atoms with Crippen molar-refractivity contribution in [3.8, 4) is 5.75 Å². The molecule has 0 unspecified atom stereocenters. The molecule has 0 aliphatic carbocycles. The molecule has 7 heteroatoms. The summed E-state index contributed by atoms with van der Waals surface area (Å²) in [5, 5.41) is 8.66. The number of ether oxygens (including phenoxy) is 1. The van der Waals surface area contributed by atoms with Crippen LogP contribution < -0.4 is 10.1 Å². The van der Waals surface area contributed by atoms with E-state index in [1.54, 1.807) is 39.5 Å². The Bertz CT molecular complexity index is 957. The van der Waals surface area contributed by atoms with Crippen LogP contribution in [0.1, 0.15) is 10.4 Å². The van der Waals surface area contributed by atoms with Gasteiger partial charge in [0.15, 0.2) is 5.82 Å². The molecule has 2 amide bonds. The van der Waals surface area contributed by atoms with Gasteiger partial charge in [0.25, 0.3) is 5.91 Å². The van der Waals surface area contributed by atoms with Gasteiger partial charge in [-0.25, -0.2) is 0 Å². The zero-order chi connectivity index (χ0) is 18.7. The number of likely N-dealkylation sites (N-methyl/N-ethyl adjacent to an activating group) is 1. The fourth-order valence-electron chi connectivity index (χ4n) is 2.65. The summed E-state index contributed by atoms with van der Waals surface area (Å²) in [6.45, 7) is 0.116. The Morgan fingerprint density at radius 3 is 2.58 bits per heavy atom. The first kappa shape index (κ1) is 17.5. The highest BCUT2D eigenvalue weighted by Crippen LogP contribution is 2.29. The number of hydrogen-bond acceptors (Lipinski definition) is 4. The van der Waals surface area contributed by atoms with Gasteiger partial charge in [-0.05, 0) is 17.5 Å². The van der Waals surface area contributed by atoms with Crippen molar-refractivity contribution in [3.63, 3.8) is 0 Å². The standard InChI is InChI=1S/C19H20N4O3/c1-22(2)17(24)12-23-11-10-16(21-23)20-19(25)14-8-4-6-13-7-5-9-15(26-3)18(13)14/h4-11H,12H2,1-3H3,(H,20,21,25). The molecule has 1 aromatic heterocycles. The van der Waals surface area contributed by atoms with E-state index in [9.17, 15) is 9.59 Å². The lowest BCUT2D eigenvalue weighted by atomic mass is 10.0. The van der Waals surface area contributed by atoms with E-state index in [2.05, 4.69) is 10.4 Å². The van der Waals surface area contributed by atoms with Crippen molar-refractivity contribution < 1.29 is 14.3 Å². The Hall–Kier alpha value is -3.35. The minimum atomic E-state index is -0.288. The maximum atomic E-state index is 12.7. The van der Waals surface area contributed by atoms with Crippen LogP contribution in [0.3, 0.4) is 0 Å². The Kier molecular flexibility index (Phi) is 4.88. The maximum absolute atomic E-state index is 12.7. The fraction of sp³-hybridized carbons (Fsp3) is 0.211. The van der Waals surface area contributed by atoms with Crippen molar-refractivity contribution in [3.05, 3.63) is 54.2 Å². The first-order valence-corrected chi connectivity index (χ1v) is 8.10. The van der Waals surface area contributed by atoms with Gasteiger partial charge in [0.05, 0.1) is 12.7 Å². The van der Waals surface area contributed by atoms with E-state index >= 15 is 0 Å². The minimum absolute atomic E-state index is 0.0789. The van der Waals surface area contributed by atoms with Crippen LogP contribution >= 0.6 is 0 Å². The summed E-state index contributed by atoms with van der Waals surface area (Å²) in [5.41, 5.74) is 0.499. The normalized spacial score (nSPS) is 10.6. The molecule has 0 saturated heterocycles. The molecule has 1 N–H and O–H groups in total. The van der Waals surface area contributed by atoms with Gasteiger partial charge in [-0.1, -0.05) is 24.3 Å². The zero-order valence-corrected chi connectivity index (χ0v) is 14.9. The first-order chi connectivity index (χ1) is 12.5. The average molecular weight is 352 g/mol. The van der Waals surface area contributed by atoms with Crippen LogP contribution in [0.15, 0.2) is 48.7 Å². The maximum Gasteiger partial charge on any atom is 0.257 e. The number of aromatic nitrogens is 2. The summed E-state index contributed by atoms with van der Waals surface area (Å²) in [7, 11) is 4.94. The molecule has 0 aliphatic rings. The Balaban J connectivity index is 1.84. The molecule has 0 bridgehead atoms. The number of nitrogens with one attached hydrogen (secondary N) is 1. The predicted molar refractivity (Wildman–Crippen MR) is 99.4 cm³/mol. The smallest absolute Gasteiger partial charge is 0.257 e. The van der Waals surface area contributed by atoms with Crippen LogP contribution in [0.2, 0.25) is 0 Å². The monoisotopic (exact) mass is 352 g/mol. The number of carbonyl (C=O) groups excluding carboxylic acids is 2. The number of anilines is 1. The fourth-order valence-corrected chi connectivity index (χ4v) is 2.65. The van der Waals surface area contributed by atoms with Gasteiger partial charge in [0.1, 0.15) is 12.3 Å². The lowest BCUT2D eigenvalue weighted by Gasteiger charge is -2.11. The number of carbonyl (C=O) groups is 2. The highest BCUT2D eigenvalue weighted by Gasteiger charge is 2.15. The number of amides is 2. The SMILES string of the molecule is COc1cccc2cccc(C(=O)Nc3ccn(CC(=O)N(C)C)n3)c12. The summed E-state index contributed by atoms with van der Waals surface area (Å²) in [6, 6.07) is 12.8. The van der Waals surface area contributed by atoms with Gasteiger partial charge in [0, 0.05) is 31.7 Å². The number of fused-ring (bicyclic) bond motifs is 1. The summed E-state index contributed by atoms with van der Waals surface area (Å²) >= 11 is 0. The summed E-state index contributed by atoms with van der Waals surface area (Å²) < 4.78 is 6.88. The molecule has 0 fully saturated rings. The summed E-state index contributed by atoms with van der Waals surface area (Å²) in [6.07, 6.45) is 1.65. The third-order valence-corrected chi connectivity index (χ3v) is 4.01. The van der Waals surface area contributed by atoms with E-state index < -0.39 is 0 Å². The molecule has 0 saturated carbocycles. The largest absolute Gasteiger partial charge is 0.496 e. The van der Waals surface area contributed by atoms with E-state index in [0.717, 1.165) is 10.8 Å². The van der Waals surface area contributed by atoms with Gasteiger partial charge < -0.3 is 15.0 Å². The highest BCUT2D eigenvalue weighted by molar-refractivity contribution is 6.14. The van der Waals surface area contributed by atoms with Gasteiger partial charge in [-0.15, -0.1) is 0 Å². The summed E-state index contributed by atoms with van der Waals surface area (Å²) in [4.78, 5) is 26.0. The van der Waals surface area contributed by atoms with Crippen LogP contribution in [0.25, 0.3) is 10.8 Å².